The molecule has 1 fully saturated rings. The van der Waals surface area contributed by atoms with Crippen molar-refractivity contribution in [3.63, 3.8) is 0 Å². The lowest BCUT2D eigenvalue weighted by Gasteiger charge is -2.12. The predicted octanol–water partition coefficient (Wildman–Crippen LogP) is 0.408. The van der Waals surface area contributed by atoms with Gasteiger partial charge in [-0.3, -0.25) is 4.90 Å². The van der Waals surface area contributed by atoms with Gasteiger partial charge in [-0.2, -0.15) is 0 Å². The zero-order chi connectivity index (χ0) is 13.3. The van der Waals surface area contributed by atoms with Crippen LogP contribution in [0.1, 0.15) is 0 Å². The molecule has 0 aromatic heterocycles. The maximum absolute atomic E-state index is 11.5. The van der Waals surface area contributed by atoms with Crippen LogP contribution in [0.2, 0.25) is 0 Å². The monoisotopic (exact) mass is 271 g/mol. The van der Waals surface area contributed by atoms with Crippen LogP contribution < -0.4 is 4.90 Å². The van der Waals surface area contributed by atoms with Crippen molar-refractivity contribution < 1.29 is 23.1 Å². The molecule has 1 atom stereocenters. The normalized spacial score (nSPS) is 20.0. The second-order valence-corrected chi connectivity index (χ2v) is 6.08. The number of amides is 1. The number of aliphatic hydroxyl groups excluding tert-OH is 1. The summed E-state index contributed by atoms with van der Waals surface area (Å²) in [6.45, 7) is 0.0250. The van der Waals surface area contributed by atoms with Crippen LogP contribution in [-0.4, -0.2) is 45.1 Å². The summed E-state index contributed by atoms with van der Waals surface area (Å²) in [4.78, 5) is 13.0. The molecule has 1 aliphatic rings. The summed E-state index contributed by atoms with van der Waals surface area (Å²) in [6.07, 6.45) is 0.0433. The van der Waals surface area contributed by atoms with E-state index >= 15 is 0 Å². The number of benzene rings is 1. The first-order valence-electron chi connectivity index (χ1n) is 5.31. The van der Waals surface area contributed by atoms with Gasteiger partial charge >= 0.3 is 6.09 Å². The van der Waals surface area contributed by atoms with Crippen LogP contribution in [0.5, 0.6) is 0 Å². The van der Waals surface area contributed by atoms with Crippen LogP contribution in [0.15, 0.2) is 29.2 Å². The minimum atomic E-state index is -3.25. The molecule has 6 nitrogen and oxygen atoms in total. The van der Waals surface area contributed by atoms with Gasteiger partial charge in [0.15, 0.2) is 9.84 Å². The first-order valence-corrected chi connectivity index (χ1v) is 7.20. The van der Waals surface area contributed by atoms with Gasteiger partial charge in [0.2, 0.25) is 0 Å². The Morgan fingerprint density at radius 3 is 2.44 bits per heavy atom. The van der Waals surface area contributed by atoms with Gasteiger partial charge in [0.05, 0.1) is 18.0 Å². The van der Waals surface area contributed by atoms with E-state index in [1.165, 1.54) is 29.2 Å². The average Bonchev–Trinajstić information content (AvgIpc) is 2.70. The Morgan fingerprint density at radius 1 is 1.39 bits per heavy atom. The molecule has 0 saturated carbocycles. The maximum atomic E-state index is 11.5. The largest absolute Gasteiger partial charge is 0.441 e. The van der Waals surface area contributed by atoms with Crippen molar-refractivity contribution in [2.45, 2.75) is 11.0 Å². The smallest absolute Gasteiger partial charge is 0.414 e. The van der Waals surface area contributed by atoms with Crippen LogP contribution in [-0.2, 0) is 14.6 Å². The predicted molar refractivity (Wildman–Crippen MR) is 64.3 cm³/mol. The van der Waals surface area contributed by atoms with Gasteiger partial charge < -0.3 is 9.84 Å². The molecule has 2 rings (SSSR count). The number of hydrogen-bond donors (Lipinski definition) is 1. The van der Waals surface area contributed by atoms with Crippen molar-refractivity contribution in [3.05, 3.63) is 24.3 Å². The van der Waals surface area contributed by atoms with Crippen molar-refractivity contribution >= 4 is 21.6 Å². The summed E-state index contributed by atoms with van der Waals surface area (Å²) in [6, 6.07) is 5.95. The van der Waals surface area contributed by atoms with Gasteiger partial charge in [0.25, 0.3) is 0 Å². The maximum Gasteiger partial charge on any atom is 0.414 e. The van der Waals surface area contributed by atoms with E-state index in [-0.39, 0.29) is 18.0 Å². The van der Waals surface area contributed by atoms with Crippen LogP contribution in [0.4, 0.5) is 10.5 Å². The number of sulfone groups is 1. The summed E-state index contributed by atoms with van der Waals surface area (Å²) in [5.41, 5.74) is 0.545. The minimum absolute atomic E-state index is 0.192. The number of ether oxygens (including phenoxy) is 1. The SMILES string of the molecule is CS(=O)(=O)c1ccc(N2C[C@@H](CO)OC2=O)cc1. The fraction of sp³-hybridized carbons (Fsp3) is 0.364. The molecule has 0 radical (unpaired) electrons. The molecule has 1 heterocycles. The molecule has 18 heavy (non-hydrogen) atoms. The summed E-state index contributed by atoms with van der Waals surface area (Å²) in [5, 5.41) is 8.92. The van der Waals surface area contributed by atoms with Crippen molar-refractivity contribution in [1.82, 2.24) is 0 Å². The van der Waals surface area contributed by atoms with Crippen LogP contribution in [0.3, 0.4) is 0 Å². The second kappa shape index (κ2) is 4.58. The number of hydrogen-bond acceptors (Lipinski definition) is 5. The van der Waals surface area contributed by atoms with E-state index in [1.54, 1.807) is 0 Å². The summed E-state index contributed by atoms with van der Waals surface area (Å²) in [5.74, 6) is 0. The second-order valence-electron chi connectivity index (χ2n) is 4.07. The highest BCUT2D eigenvalue weighted by molar-refractivity contribution is 7.90. The third-order valence-electron chi connectivity index (χ3n) is 2.65. The minimum Gasteiger partial charge on any atom is -0.441 e. The Morgan fingerprint density at radius 2 is 2.00 bits per heavy atom. The molecule has 98 valence electrons. The first kappa shape index (κ1) is 12.8. The zero-order valence-corrected chi connectivity index (χ0v) is 10.6. The molecule has 1 aromatic carbocycles. The Hall–Kier alpha value is -1.60. The van der Waals surface area contributed by atoms with Gasteiger partial charge in [0.1, 0.15) is 6.10 Å². The Kier molecular flexibility index (Phi) is 3.27. The quantitative estimate of drug-likeness (QED) is 0.860. The number of rotatable bonds is 3. The Bertz CT molecular complexity index is 551. The number of cyclic esters (lactones) is 1. The molecule has 0 spiro atoms. The van der Waals surface area contributed by atoms with E-state index < -0.39 is 22.0 Å². The third-order valence-corrected chi connectivity index (χ3v) is 3.78. The molecule has 0 aliphatic carbocycles. The molecule has 0 bridgehead atoms. The Balaban J connectivity index is 2.23. The number of aliphatic hydroxyl groups is 1. The molecule has 1 N–H and O–H groups in total. The first-order chi connectivity index (χ1) is 8.41. The highest BCUT2D eigenvalue weighted by Crippen LogP contribution is 2.23. The average molecular weight is 271 g/mol. The molecule has 1 amide bonds. The molecule has 0 unspecified atom stereocenters. The molecule has 1 aromatic rings. The lowest BCUT2D eigenvalue weighted by atomic mass is 10.3. The van der Waals surface area contributed by atoms with Gasteiger partial charge in [0, 0.05) is 11.9 Å². The molecule has 1 aliphatic heterocycles. The lowest BCUT2D eigenvalue weighted by molar-refractivity contribution is 0.0963. The van der Waals surface area contributed by atoms with Gasteiger partial charge in [-0.15, -0.1) is 0 Å². The molecule has 7 heteroatoms. The number of nitrogens with zero attached hydrogens (tertiary/aromatic N) is 1. The van der Waals surface area contributed by atoms with E-state index in [4.69, 9.17) is 9.84 Å². The number of carbonyl (C=O) groups excluding carboxylic acids is 1. The lowest BCUT2D eigenvalue weighted by Crippen LogP contribution is -2.25. The Labute approximate surface area is 105 Å². The highest BCUT2D eigenvalue weighted by atomic mass is 32.2. The fourth-order valence-corrected chi connectivity index (χ4v) is 2.33. The van der Waals surface area contributed by atoms with E-state index in [0.29, 0.717) is 5.69 Å². The number of anilines is 1. The summed E-state index contributed by atoms with van der Waals surface area (Å²) in [7, 11) is -3.25. The van der Waals surface area contributed by atoms with E-state index in [2.05, 4.69) is 0 Å². The van der Waals surface area contributed by atoms with Gasteiger partial charge in [-0.1, -0.05) is 0 Å². The van der Waals surface area contributed by atoms with Crippen molar-refractivity contribution in [2.75, 3.05) is 24.3 Å². The highest BCUT2D eigenvalue weighted by Gasteiger charge is 2.31. The van der Waals surface area contributed by atoms with E-state index in [9.17, 15) is 13.2 Å². The van der Waals surface area contributed by atoms with Crippen molar-refractivity contribution in [2.24, 2.45) is 0 Å². The van der Waals surface area contributed by atoms with E-state index in [1.807, 2.05) is 0 Å². The fourth-order valence-electron chi connectivity index (χ4n) is 1.70. The molecular weight excluding hydrogens is 258 g/mol. The third kappa shape index (κ3) is 2.46. The van der Waals surface area contributed by atoms with E-state index in [0.717, 1.165) is 6.26 Å². The van der Waals surface area contributed by atoms with Crippen LogP contribution in [0, 0.1) is 0 Å². The van der Waals surface area contributed by atoms with Crippen molar-refractivity contribution in [1.29, 1.82) is 0 Å². The zero-order valence-electron chi connectivity index (χ0n) is 9.74. The van der Waals surface area contributed by atoms with Gasteiger partial charge in [-0.05, 0) is 24.3 Å². The summed E-state index contributed by atoms with van der Waals surface area (Å²) >= 11 is 0. The van der Waals surface area contributed by atoms with Crippen molar-refractivity contribution in [3.8, 4) is 0 Å². The number of carbonyl (C=O) groups is 1. The topological polar surface area (TPSA) is 83.9 Å². The van der Waals surface area contributed by atoms with Crippen LogP contribution in [0.25, 0.3) is 0 Å². The molecular formula is C11H13NO5S. The summed E-state index contributed by atoms with van der Waals surface area (Å²) < 4.78 is 27.5. The molecule has 1 saturated heterocycles. The standard InChI is InChI=1S/C11H13NO5S/c1-18(15,16)10-4-2-8(3-5-10)12-6-9(7-13)17-11(12)14/h2-5,9,13H,6-7H2,1H3/t9-/m0/s1. The van der Waals surface area contributed by atoms with Gasteiger partial charge in [-0.25, -0.2) is 13.2 Å². The van der Waals surface area contributed by atoms with Crippen LogP contribution >= 0.6 is 0 Å².